The summed E-state index contributed by atoms with van der Waals surface area (Å²) in [5.74, 6) is 0.554. The number of amidine groups is 1. The number of carbonyl (C=O) groups excluding carboxylic acids is 1. The van der Waals surface area contributed by atoms with Crippen LogP contribution in [0.3, 0.4) is 0 Å². The highest BCUT2D eigenvalue weighted by Gasteiger charge is 2.37. The first-order valence-electron chi connectivity index (χ1n) is 7.28. The number of benzene rings is 2. The van der Waals surface area contributed by atoms with Crippen LogP contribution in [-0.2, 0) is 4.79 Å². The molecule has 0 bridgehead atoms. The summed E-state index contributed by atoms with van der Waals surface area (Å²) >= 11 is 7.46. The van der Waals surface area contributed by atoms with E-state index in [2.05, 4.69) is 4.99 Å². The van der Waals surface area contributed by atoms with E-state index in [-0.39, 0.29) is 11.9 Å². The summed E-state index contributed by atoms with van der Waals surface area (Å²) in [7, 11) is 0. The zero-order valence-electron chi connectivity index (χ0n) is 12.1. The number of carbonyl (C=O) groups is 1. The maximum Gasteiger partial charge on any atom is 0.239 e. The number of nitrogens with zero attached hydrogens (tertiary/aromatic N) is 2. The Hall–Kier alpha value is -2.04. The van der Waals surface area contributed by atoms with Crippen molar-refractivity contribution in [2.24, 2.45) is 4.99 Å². The molecule has 2 aromatic carbocycles. The smallest absolute Gasteiger partial charge is 0.239 e. The highest BCUT2D eigenvalue weighted by molar-refractivity contribution is 8.15. The summed E-state index contributed by atoms with van der Waals surface area (Å²) in [6.45, 7) is 0. The van der Waals surface area contributed by atoms with Gasteiger partial charge < -0.3 is 0 Å². The number of hydrogen-bond acceptors (Lipinski definition) is 3. The Kier molecular flexibility index (Phi) is 3.71. The van der Waals surface area contributed by atoms with Crippen LogP contribution in [0.4, 0.5) is 0 Å². The van der Waals surface area contributed by atoms with Gasteiger partial charge in [0, 0.05) is 10.6 Å². The Morgan fingerprint density at radius 1 is 1.09 bits per heavy atom. The highest BCUT2D eigenvalue weighted by Crippen LogP contribution is 2.38. The number of amides is 1. The lowest BCUT2D eigenvalue weighted by atomic mass is 10.0. The van der Waals surface area contributed by atoms with Gasteiger partial charge in [-0.3, -0.25) is 9.69 Å². The van der Waals surface area contributed by atoms with E-state index >= 15 is 0 Å². The third-order valence-corrected chi connectivity index (χ3v) is 5.08. The minimum atomic E-state index is -0.114. The molecule has 0 radical (unpaired) electrons. The molecule has 114 valence electrons. The number of fused-ring (bicyclic) bond motifs is 1. The minimum absolute atomic E-state index is 0.106. The quantitative estimate of drug-likeness (QED) is 0.813. The lowest BCUT2D eigenvalue weighted by Crippen LogP contribution is -2.34. The van der Waals surface area contributed by atoms with Crippen LogP contribution < -0.4 is 0 Å². The number of thioether (sulfide) groups is 1. The lowest BCUT2D eigenvalue weighted by molar-refractivity contribution is -0.125. The minimum Gasteiger partial charge on any atom is -0.279 e. The molecular formula is C18H13ClN2OS. The summed E-state index contributed by atoms with van der Waals surface area (Å²) in [5, 5.41) is 1.47. The lowest BCUT2D eigenvalue weighted by Gasteiger charge is -2.29. The van der Waals surface area contributed by atoms with Crippen LogP contribution in [0.5, 0.6) is 0 Å². The van der Waals surface area contributed by atoms with Crippen molar-refractivity contribution in [3.8, 4) is 0 Å². The van der Waals surface area contributed by atoms with E-state index in [0.717, 1.165) is 22.0 Å². The maximum absolute atomic E-state index is 12.3. The first kappa shape index (κ1) is 14.5. The van der Waals surface area contributed by atoms with Gasteiger partial charge in [-0.05, 0) is 23.8 Å². The molecule has 1 fully saturated rings. The zero-order chi connectivity index (χ0) is 15.8. The van der Waals surface area contributed by atoms with Gasteiger partial charge in [-0.25, -0.2) is 4.99 Å². The molecule has 3 nitrogen and oxygen atoms in total. The summed E-state index contributed by atoms with van der Waals surface area (Å²) in [6, 6.07) is 17.6. The van der Waals surface area contributed by atoms with E-state index < -0.39 is 0 Å². The molecule has 1 saturated heterocycles. The topological polar surface area (TPSA) is 32.7 Å². The van der Waals surface area contributed by atoms with Crippen LogP contribution in [0.2, 0.25) is 5.02 Å². The fourth-order valence-corrected chi connectivity index (χ4v) is 3.81. The van der Waals surface area contributed by atoms with E-state index in [1.807, 2.05) is 60.7 Å². The Morgan fingerprint density at radius 2 is 1.83 bits per heavy atom. The third kappa shape index (κ3) is 2.69. The summed E-state index contributed by atoms with van der Waals surface area (Å²) < 4.78 is 0. The number of aliphatic imine (C=N–C) groups is 1. The molecule has 1 unspecified atom stereocenters. The molecule has 0 saturated carbocycles. The number of hydrogen-bond donors (Lipinski definition) is 0. The van der Waals surface area contributed by atoms with Crippen molar-refractivity contribution in [1.29, 1.82) is 0 Å². The molecule has 2 aliphatic heterocycles. The highest BCUT2D eigenvalue weighted by atomic mass is 35.5. The summed E-state index contributed by atoms with van der Waals surface area (Å²) in [4.78, 5) is 18.7. The second-order valence-electron chi connectivity index (χ2n) is 5.36. The molecule has 4 rings (SSSR count). The van der Waals surface area contributed by atoms with Gasteiger partial charge in [0.1, 0.15) is 0 Å². The third-order valence-electron chi connectivity index (χ3n) is 3.89. The molecule has 5 heteroatoms. The Balaban J connectivity index is 1.81. The average molecular weight is 341 g/mol. The number of rotatable bonds is 2. The van der Waals surface area contributed by atoms with Crippen molar-refractivity contribution in [1.82, 2.24) is 4.90 Å². The second kappa shape index (κ2) is 5.87. The van der Waals surface area contributed by atoms with Crippen molar-refractivity contribution in [2.75, 3.05) is 5.75 Å². The van der Waals surface area contributed by atoms with Crippen molar-refractivity contribution < 1.29 is 4.79 Å². The predicted molar refractivity (Wildman–Crippen MR) is 95.4 cm³/mol. The van der Waals surface area contributed by atoms with Crippen LogP contribution in [0.25, 0.3) is 5.70 Å². The fraction of sp³-hybridized carbons (Fsp3) is 0.111. The van der Waals surface area contributed by atoms with Gasteiger partial charge in [-0.15, -0.1) is 0 Å². The van der Waals surface area contributed by atoms with E-state index in [1.54, 1.807) is 4.90 Å². The van der Waals surface area contributed by atoms with Gasteiger partial charge in [0.2, 0.25) is 5.91 Å². The van der Waals surface area contributed by atoms with Crippen molar-refractivity contribution in [2.45, 2.75) is 6.04 Å². The molecule has 0 spiro atoms. The van der Waals surface area contributed by atoms with E-state index in [0.29, 0.717) is 10.8 Å². The van der Waals surface area contributed by atoms with Gasteiger partial charge in [0.25, 0.3) is 0 Å². The van der Waals surface area contributed by atoms with Crippen LogP contribution in [0.1, 0.15) is 17.2 Å². The number of halogens is 1. The average Bonchev–Trinajstić information content (AvgIpc) is 2.97. The van der Waals surface area contributed by atoms with E-state index in [1.165, 1.54) is 11.8 Å². The Labute approximate surface area is 143 Å². The van der Waals surface area contributed by atoms with Crippen molar-refractivity contribution in [3.05, 3.63) is 76.8 Å². The van der Waals surface area contributed by atoms with E-state index in [4.69, 9.17) is 11.6 Å². The molecule has 23 heavy (non-hydrogen) atoms. The summed E-state index contributed by atoms with van der Waals surface area (Å²) in [5.41, 5.74) is 2.97. The summed E-state index contributed by atoms with van der Waals surface area (Å²) in [6.07, 6.45) is 2.05. The van der Waals surface area contributed by atoms with Gasteiger partial charge in [0.05, 0.1) is 17.5 Å². The van der Waals surface area contributed by atoms with Crippen LogP contribution in [-0.4, -0.2) is 21.7 Å². The molecule has 2 heterocycles. The standard InChI is InChI=1S/C18H13ClN2OS/c19-14-8-6-12(7-9-14)15-10-16(13-4-2-1-3-5-13)21-17(22)11-23-18(21)20-15/h1-10,16H,11H2. The normalized spacial score (nSPS) is 20.1. The van der Waals surface area contributed by atoms with Crippen LogP contribution in [0.15, 0.2) is 65.7 Å². The Bertz CT molecular complexity index is 815. The largest absolute Gasteiger partial charge is 0.279 e. The first-order chi connectivity index (χ1) is 11.2. The monoisotopic (exact) mass is 340 g/mol. The van der Waals surface area contributed by atoms with Gasteiger partial charge in [-0.2, -0.15) is 0 Å². The molecule has 0 N–H and O–H groups in total. The molecule has 0 aromatic heterocycles. The van der Waals surface area contributed by atoms with Gasteiger partial charge in [0.15, 0.2) is 5.17 Å². The predicted octanol–water partition coefficient (Wildman–Crippen LogP) is 4.37. The van der Waals surface area contributed by atoms with Gasteiger partial charge in [-0.1, -0.05) is 65.8 Å². The molecule has 1 amide bonds. The Morgan fingerprint density at radius 3 is 2.57 bits per heavy atom. The van der Waals surface area contributed by atoms with Crippen LogP contribution in [0, 0.1) is 0 Å². The SMILES string of the molecule is O=C1CSC2=NC(c3ccc(Cl)cc3)=CC(c3ccccc3)N12. The van der Waals surface area contributed by atoms with Crippen LogP contribution >= 0.6 is 23.4 Å². The second-order valence-corrected chi connectivity index (χ2v) is 6.74. The van der Waals surface area contributed by atoms with Crippen molar-refractivity contribution >= 4 is 40.1 Å². The zero-order valence-corrected chi connectivity index (χ0v) is 13.7. The van der Waals surface area contributed by atoms with E-state index in [9.17, 15) is 4.79 Å². The molecule has 0 aliphatic carbocycles. The fourth-order valence-electron chi connectivity index (χ4n) is 2.77. The maximum atomic E-state index is 12.3. The molecule has 2 aliphatic rings. The molecule has 2 aromatic rings. The molecular weight excluding hydrogens is 328 g/mol. The van der Waals surface area contributed by atoms with Crippen molar-refractivity contribution in [3.63, 3.8) is 0 Å². The molecule has 1 atom stereocenters. The first-order valence-corrected chi connectivity index (χ1v) is 8.65. The van der Waals surface area contributed by atoms with Gasteiger partial charge >= 0.3 is 0 Å².